The third kappa shape index (κ3) is 1.18. The van der Waals surface area contributed by atoms with Crippen molar-refractivity contribution in [1.29, 1.82) is 0 Å². The SMILES string of the molecule is CC1CC(C(C)(N)N)C1C. The van der Waals surface area contributed by atoms with Crippen molar-refractivity contribution in [3.05, 3.63) is 0 Å². The molecule has 1 rings (SSSR count). The van der Waals surface area contributed by atoms with Gasteiger partial charge in [0.2, 0.25) is 0 Å². The van der Waals surface area contributed by atoms with E-state index in [0.29, 0.717) is 11.8 Å². The Labute approximate surface area is 63.0 Å². The van der Waals surface area contributed by atoms with Gasteiger partial charge in [0, 0.05) is 0 Å². The molecular formula is C8H18N2. The van der Waals surface area contributed by atoms with E-state index in [4.69, 9.17) is 11.5 Å². The highest BCUT2D eigenvalue weighted by molar-refractivity contribution is 4.94. The van der Waals surface area contributed by atoms with Gasteiger partial charge in [0.15, 0.2) is 0 Å². The van der Waals surface area contributed by atoms with Crippen LogP contribution in [-0.4, -0.2) is 5.66 Å². The average Bonchev–Trinajstić information content (AvgIpc) is 1.79. The molecule has 2 nitrogen and oxygen atoms in total. The Hall–Kier alpha value is -0.0800. The van der Waals surface area contributed by atoms with Crippen molar-refractivity contribution in [2.75, 3.05) is 0 Å². The van der Waals surface area contributed by atoms with Gasteiger partial charge in [0.1, 0.15) is 0 Å². The Morgan fingerprint density at radius 1 is 1.30 bits per heavy atom. The highest BCUT2D eigenvalue weighted by Crippen LogP contribution is 2.43. The average molecular weight is 142 g/mol. The smallest absolute Gasteiger partial charge is 0.0639 e. The van der Waals surface area contributed by atoms with Crippen molar-refractivity contribution in [3.63, 3.8) is 0 Å². The summed E-state index contributed by atoms with van der Waals surface area (Å²) < 4.78 is 0. The number of hydrogen-bond donors (Lipinski definition) is 2. The fourth-order valence-corrected chi connectivity index (χ4v) is 1.85. The van der Waals surface area contributed by atoms with Crippen LogP contribution in [0.5, 0.6) is 0 Å². The van der Waals surface area contributed by atoms with Crippen molar-refractivity contribution in [2.24, 2.45) is 29.2 Å². The molecule has 0 saturated heterocycles. The standard InChI is InChI=1S/C8H18N2/c1-5-4-7(6(5)2)8(3,9)10/h5-7H,4,9-10H2,1-3H3. The zero-order valence-corrected chi connectivity index (χ0v) is 7.09. The summed E-state index contributed by atoms with van der Waals surface area (Å²) in [5.74, 6) is 2.05. The summed E-state index contributed by atoms with van der Waals surface area (Å²) in [5, 5.41) is 0. The van der Waals surface area contributed by atoms with E-state index in [0.717, 1.165) is 5.92 Å². The molecule has 1 aliphatic carbocycles. The third-order valence-corrected chi connectivity index (χ3v) is 2.96. The lowest BCUT2D eigenvalue weighted by molar-refractivity contribution is 0.0402. The molecule has 0 aromatic heterocycles. The third-order valence-electron chi connectivity index (χ3n) is 2.96. The van der Waals surface area contributed by atoms with Gasteiger partial charge in [-0.15, -0.1) is 0 Å². The zero-order chi connectivity index (χ0) is 7.94. The Bertz CT molecular complexity index is 126. The summed E-state index contributed by atoms with van der Waals surface area (Å²) in [5.41, 5.74) is 11.1. The minimum atomic E-state index is -0.452. The van der Waals surface area contributed by atoms with E-state index in [1.807, 2.05) is 6.92 Å². The Morgan fingerprint density at radius 2 is 1.80 bits per heavy atom. The molecule has 1 fully saturated rings. The monoisotopic (exact) mass is 142 g/mol. The molecule has 2 heteroatoms. The molecule has 0 amide bonds. The van der Waals surface area contributed by atoms with Crippen LogP contribution in [-0.2, 0) is 0 Å². The quantitative estimate of drug-likeness (QED) is 0.535. The van der Waals surface area contributed by atoms with Crippen molar-refractivity contribution >= 4 is 0 Å². The van der Waals surface area contributed by atoms with Crippen LogP contribution >= 0.6 is 0 Å². The molecule has 3 unspecified atom stereocenters. The number of nitrogens with two attached hydrogens (primary N) is 2. The van der Waals surface area contributed by atoms with E-state index in [-0.39, 0.29) is 0 Å². The second-order valence-electron chi connectivity index (χ2n) is 4.04. The van der Waals surface area contributed by atoms with Crippen molar-refractivity contribution in [3.8, 4) is 0 Å². The van der Waals surface area contributed by atoms with Gasteiger partial charge < -0.3 is 11.5 Å². The van der Waals surface area contributed by atoms with Crippen LogP contribution in [0.15, 0.2) is 0 Å². The lowest BCUT2D eigenvalue weighted by Crippen LogP contribution is -2.60. The molecule has 1 aliphatic rings. The van der Waals surface area contributed by atoms with Crippen LogP contribution in [0.2, 0.25) is 0 Å². The lowest BCUT2D eigenvalue weighted by atomic mass is 9.62. The van der Waals surface area contributed by atoms with Gasteiger partial charge in [0.05, 0.1) is 5.66 Å². The highest BCUT2D eigenvalue weighted by atomic mass is 15.0. The van der Waals surface area contributed by atoms with Crippen molar-refractivity contribution < 1.29 is 0 Å². The van der Waals surface area contributed by atoms with E-state index in [9.17, 15) is 0 Å². The Kier molecular flexibility index (Phi) is 1.77. The lowest BCUT2D eigenvalue weighted by Gasteiger charge is -2.47. The van der Waals surface area contributed by atoms with Crippen LogP contribution < -0.4 is 11.5 Å². The minimum absolute atomic E-state index is 0.452. The number of rotatable bonds is 1. The summed E-state index contributed by atoms with van der Waals surface area (Å²) >= 11 is 0. The topological polar surface area (TPSA) is 52.0 Å². The van der Waals surface area contributed by atoms with Crippen LogP contribution in [0.4, 0.5) is 0 Å². The Morgan fingerprint density at radius 3 is 1.90 bits per heavy atom. The molecule has 0 aliphatic heterocycles. The second kappa shape index (κ2) is 2.21. The van der Waals surface area contributed by atoms with E-state index >= 15 is 0 Å². The van der Waals surface area contributed by atoms with Crippen LogP contribution in [0.1, 0.15) is 27.2 Å². The molecule has 10 heavy (non-hydrogen) atoms. The van der Waals surface area contributed by atoms with Crippen molar-refractivity contribution in [1.82, 2.24) is 0 Å². The summed E-state index contributed by atoms with van der Waals surface area (Å²) in [6.07, 6.45) is 1.20. The molecule has 60 valence electrons. The summed E-state index contributed by atoms with van der Waals surface area (Å²) in [6.45, 7) is 6.41. The first-order valence-corrected chi connectivity index (χ1v) is 4.00. The van der Waals surface area contributed by atoms with Crippen molar-refractivity contribution in [2.45, 2.75) is 32.9 Å². The molecule has 1 saturated carbocycles. The zero-order valence-electron chi connectivity index (χ0n) is 7.09. The molecule has 0 heterocycles. The largest absolute Gasteiger partial charge is 0.313 e. The normalized spacial score (nSPS) is 41.1. The second-order valence-corrected chi connectivity index (χ2v) is 4.04. The van der Waals surface area contributed by atoms with Gasteiger partial charge in [-0.2, -0.15) is 0 Å². The van der Waals surface area contributed by atoms with E-state index < -0.39 is 5.66 Å². The van der Waals surface area contributed by atoms with Crippen LogP contribution in [0.3, 0.4) is 0 Å². The van der Waals surface area contributed by atoms with E-state index in [1.54, 1.807) is 0 Å². The van der Waals surface area contributed by atoms with Gasteiger partial charge in [-0.3, -0.25) is 0 Å². The molecule has 0 bridgehead atoms. The maximum absolute atomic E-state index is 5.77. The number of hydrogen-bond acceptors (Lipinski definition) is 2. The maximum Gasteiger partial charge on any atom is 0.0639 e. The molecule has 0 aromatic carbocycles. The highest BCUT2D eigenvalue weighted by Gasteiger charge is 2.42. The Balaban J connectivity index is 2.48. The van der Waals surface area contributed by atoms with Gasteiger partial charge in [-0.1, -0.05) is 13.8 Å². The molecular weight excluding hydrogens is 124 g/mol. The maximum atomic E-state index is 5.77. The van der Waals surface area contributed by atoms with E-state index in [2.05, 4.69) is 13.8 Å². The fraction of sp³-hybridized carbons (Fsp3) is 1.00. The van der Waals surface area contributed by atoms with Gasteiger partial charge in [0.25, 0.3) is 0 Å². The van der Waals surface area contributed by atoms with Gasteiger partial charge in [-0.25, -0.2) is 0 Å². The predicted octanol–water partition coefficient (Wildman–Crippen LogP) is 0.912. The summed E-state index contributed by atoms with van der Waals surface area (Å²) in [7, 11) is 0. The minimum Gasteiger partial charge on any atom is -0.313 e. The summed E-state index contributed by atoms with van der Waals surface area (Å²) in [4.78, 5) is 0. The van der Waals surface area contributed by atoms with Crippen LogP contribution in [0.25, 0.3) is 0 Å². The first kappa shape index (κ1) is 8.02. The molecule has 3 atom stereocenters. The first-order valence-electron chi connectivity index (χ1n) is 4.00. The molecule has 0 aromatic rings. The first-order chi connectivity index (χ1) is 4.43. The predicted molar refractivity (Wildman–Crippen MR) is 43.2 cm³/mol. The van der Waals surface area contributed by atoms with Crippen LogP contribution in [0, 0.1) is 17.8 Å². The fourth-order valence-electron chi connectivity index (χ4n) is 1.85. The van der Waals surface area contributed by atoms with Gasteiger partial charge >= 0.3 is 0 Å². The van der Waals surface area contributed by atoms with E-state index in [1.165, 1.54) is 6.42 Å². The molecule has 0 radical (unpaired) electrons. The molecule has 4 N–H and O–H groups in total. The molecule has 0 spiro atoms. The van der Waals surface area contributed by atoms with Gasteiger partial charge in [-0.05, 0) is 31.1 Å². The summed E-state index contributed by atoms with van der Waals surface area (Å²) in [6, 6.07) is 0.